The maximum absolute atomic E-state index is 11.1. The van der Waals surface area contributed by atoms with Crippen LogP contribution in [0, 0.1) is 12.8 Å². The summed E-state index contributed by atoms with van der Waals surface area (Å²) in [7, 11) is 0. The number of carbonyl (C=O) groups is 1. The molecule has 5 nitrogen and oxygen atoms in total. The number of nitrogens with zero attached hydrogens (tertiary/aromatic N) is 1. The van der Waals surface area contributed by atoms with E-state index < -0.39 is 5.97 Å². The number of rotatable bonds is 7. The molecule has 1 unspecified atom stereocenters. The minimum Gasteiger partial charge on any atom is -0.478 e. The molecule has 0 saturated heterocycles. The van der Waals surface area contributed by atoms with Crippen molar-refractivity contribution < 1.29 is 15.0 Å². The first kappa shape index (κ1) is 14.4. The number of aryl methyl sites for hydroxylation is 1. The third-order valence-corrected chi connectivity index (χ3v) is 2.85. The number of nitrogens with one attached hydrogen (secondary N) is 1. The molecule has 18 heavy (non-hydrogen) atoms. The van der Waals surface area contributed by atoms with Crippen molar-refractivity contribution in [3.05, 3.63) is 23.4 Å². The van der Waals surface area contributed by atoms with E-state index in [1.54, 1.807) is 19.2 Å². The normalized spacial score (nSPS) is 12.2. The predicted molar refractivity (Wildman–Crippen MR) is 69.9 cm³/mol. The van der Waals surface area contributed by atoms with E-state index in [1.807, 2.05) is 6.92 Å². The topological polar surface area (TPSA) is 82.5 Å². The van der Waals surface area contributed by atoms with E-state index in [1.165, 1.54) is 0 Å². The van der Waals surface area contributed by atoms with Gasteiger partial charge in [0, 0.05) is 19.3 Å². The van der Waals surface area contributed by atoms with Crippen molar-refractivity contribution in [2.24, 2.45) is 5.92 Å². The third-order valence-electron chi connectivity index (χ3n) is 2.85. The first-order chi connectivity index (χ1) is 8.56. The lowest BCUT2D eigenvalue weighted by Gasteiger charge is -2.11. The number of hydrogen-bond donors (Lipinski definition) is 3. The molecule has 3 N–H and O–H groups in total. The molecule has 0 aliphatic heterocycles. The second-order valence-electron chi connectivity index (χ2n) is 4.51. The monoisotopic (exact) mass is 252 g/mol. The Labute approximate surface area is 107 Å². The molecule has 1 heterocycles. The minimum atomic E-state index is -0.966. The largest absolute Gasteiger partial charge is 0.478 e. The molecule has 1 rings (SSSR count). The highest BCUT2D eigenvalue weighted by molar-refractivity contribution is 5.94. The summed E-state index contributed by atoms with van der Waals surface area (Å²) in [6, 6.07) is 1.68. The number of hydrogen-bond acceptors (Lipinski definition) is 4. The van der Waals surface area contributed by atoms with Crippen LogP contribution in [0.15, 0.2) is 12.3 Å². The second-order valence-corrected chi connectivity index (χ2v) is 4.51. The Morgan fingerprint density at radius 1 is 1.56 bits per heavy atom. The molecular formula is C13H20N2O3. The third kappa shape index (κ3) is 4.00. The SMILES string of the molecule is Cc1ccnc(NCCCC(C)CO)c1C(=O)O. The van der Waals surface area contributed by atoms with Crippen LogP contribution in [0.25, 0.3) is 0 Å². The van der Waals surface area contributed by atoms with E-state index in [-0.39, 0.29) is 18.1 Å². The smallest absolute Gasteiger partial charge is 0.339 e. The van der Waals surface area contributed by atoms with Gasteiger partial charge in [-0.2, -0.15) is 0 Å². The maximum atomic E-state index is 11.1. The Bertz CT molecular complexity index is 407. The Kier molecular flexibility index (Phi) is 5.58. The molecule has 0 bridgehead atoms. The molecule has 0 fully saturated rings. The van der Waals surface area contributed by atoms with Gasteiger partial charge < -0.3 is 15.5 Å². The Hall–Kier alpha value is -1.62. The van der Waals surface area contributed by atoms with Crippen LogP contribution in [0.5, 0.6) is 0 Å². The number of carboxylic acid groups (broad SMARTS) is 1. The number of carboxylic acids is 1. The molecule has 0 amide bonds. The molecule has 0 saturated carbocycles. The lowest BCUT2D eigenvalue weighted by atomic mass is 10.1. The van der Waals surface area contributed by atoms with E-state index >= 15 is 0 Å². The maximum Gasteiger partial charge on any atom is 0.339 e. The van der Waals surface area contributed by atoms with Gasteiger partial charge in [0.15, 0.2) is 0 Å². The van der Waals surface area contributed by atoms with Gasteiger partial charge in [0.25, 0.3) is 0 Å². The number of aliphatic hydroxyl groups excluding tert-OH is 1. The summed E-state index contributed by atoms with van der Waals surface area (Å²) in [6.07, 6.45) is 3.37. The molecule has 1 atom stereocenters. The summed E-state index contributed by atoms with van der Waals surface area (Å²) in [5.41, 5.74) is 0.927. The fourth-order valence-electron chi connectivity index (χ4n) is 1.71. The summed E-state index contributed by atoms with van der Waals surface area (Å²) in [5, 5.41) is 21.1. The summed E-state index contributed by atoms with van der Waals surface area (Å²) in [4.78, 5) is 15.2. The Morgan fingerprint density at radius 2 is 2.28 bits per heavy atom. The van der Waals surface area contributed by atoms with E-state index in [4.69, 9.17) is 10.2 Å². The van der Waals surface area contributed by atoms with Crippen LogP contribution in [-0.4, -0.2) is 34.3 Å². The number of pyridine rings is 1. The molecule has 100 valence electrons. The van der Waals surface area contributed by atoms with Crippen LogP contribution in [0.2, 0.25) is 0 Å². The van der Waals surface area contributed by atoms with Gasteiger partial charge in [0.05, 0.1) is 0 Å². The van der Waals surface area contributed by atoms with Crippen molar-refractivity contribution >= 4 is 11.8 Å². The van der Waals surface area contributed by atoms with Crippen LogP contribution in [-0.2, 0) is 0 Å². The number of aromatic carboxylic acids is 1. The molecule has 0 aliphatic carbocycles. The fraction of sp³-hybridized carbons (Fsp3) is 0.538. The van der Waals surface area contributed by atoms with Gasteiger partial charge >= 0.3 is 5.97 Å². The van der Waals surface area contributed by atoms with Crippen LogP contribution >= 0.6 is 0 Å². The van der Waals surface area contributed by atoms with Gasteiger partial charge in [-0.05, 0) is 37.3 Å². The molecular weight excluding hydrogens is 232 g/mol. The quantitative estimate of drug-likeness (QED) is 0.646. The van der Waals surface area contributed by atoms with Gasteiger partial charge in [0.2, 0.25) is 0 Å². The highest BCUT2D eigenvalue weighted by Crippen LogP contribution is 2.16. The summed E-state index contributed by atoms with van der Waals surface area (Å²) in [5.74, 6) is -0.276. The van der Waals surface area contributed by atoms with Crippen LogP contribution in [0.1, 0.15) is 35.7 Å². The molecule has 1 aromatic heterocycles. The number of aliphatic hydroxyl groups is 1. The van der Waals surface area contributed by atoms with Crippen molar-refractivity contribution in [1.82, 2.24) is 4.98 Å². The van der Waals surface area contributed by atoms with Gasteiger partial charge in [-0.1, -0.05) is 6.92 Å². The molecule has 0 aliphatic rings. The highest BCUT2D eigenvalue weighted by Gasteiger charge is 2.13. The van der Waals surface area contributed by atoms with Gasteiger partial charge in [-0.25, -0.2) is 9.78 Å². The summed E-state index contributed by atoms with van der Waals surface area (Å²) >= 11 is 0. The summed E-state index contributed by atoms with van der Waals surface area (Å²) in [6.45, 7) is 4.57. The van der Waals surface area contributed by atoms with Crippen molar-refractivity contribution in [2.75, 3.05) is 18.5 Å². The van der Waals surface area contributed by atoms with Crippen LogP contribution in [0.4, 0.5) is 5.82 Å². The Morgan fingerprint density at radius 3 is 2.89 bits per heavy atom. The fourth-order valence-corrected chi connectivity index (χ4v) is 1.71. The zero-order chi connectivity index (χ0) is 13.5. The average Bonchev–Trinajstić information content (AvgIpc) is 2.33. The number of anilines is 1. The first-order valence-electron chi connectivity index (χ1n) is 6.10. The summed E-state index contributed by atoms with van der Waals surface area (Å²) < 4.78 is 0. The van der Waals surface area contributed by atoms with Gasteiger partial charge in [0.1, 0.15) is 11.4 Å². The molecule has 5 heteroatoms. The van der Waals surface area contributed by atoms with E-state index in [9.17, 15) is 4.79 Å². The standard InChI is InChI=1S/C13H20N2O3/c1-9(8-16)4-3-6-14-12-11(13(17)18)10(2)5-7-15-12/h5,7,9,16H,3-4,6,8H2,1-2H3,(H,14,15)(H,17,18). The molecule has 0 aromatic carbocycles. The highest BCUT2D eigenvalue weighted by atomic mass is 16.4. The van der Waals surface area contributed by atoms with Crippen molar-refractivity contribution in [3.63, 3.8) is 0 Å². The van der Waals surface area contributed by atoms with Crippen LogP contribution < -0.4 is 5.32 Å². The second kappa shape index (κ2) is 6.96. The van der Waals surface area contributed by atoms with E-state index in [0.717, 1.165) is 12.8 Å². The lowest BCUT2D eigenvalue weighted by Crippen LogP contribution is -2.12. The molecule has 0 spiro atoms. The molecule has 1 aromatic rings. The zero-order valence-corrected chi connectivity index (χ0v) is 10.8. The lowest BCUT2D eigenvalue weighted by molar-refractivity contribution is 0.0697. The zero-order valence-electron chi connectivity index (χ0n) is 10.8. The van der Waals surface area contributed by atoms with Gasteiger partial charge in [-0.15, -0.1) is 0 Å². The van der Waals surface area contributed by atoms with Crippen molar-refractivity contribution in [2.45, 2.75) is 26.7 Å². The van der Waals surface area contributed by atoms with Gasteiger partial charge in [-0.3, -0.25) is 0 Å². The molecule has 0 radical (unpaired) electrons. The minimum absolute atomic E-state index is 0.184. The van der Waals surface area contributed by atoms with Crippen molar-refractivity contribution in [3.8, 4) is 0 Å². The first-order valence-corrected chi connectivity index (χ1v) is 6.10. The predicted octanol–water partition coefficient (Wildman–Crippen LogP) is 1.91. The Balaban J connectivity index is 2.57. The average molecular weight is 252 g/mol. The van der Waals surface area contributed by atoms with E-state index in [2.05, 4.69) is 10.3 Å². The van der Waals surface area contributed by atoms with Crippen LogP contribution in [0.3, 0.4) is 0 Å². The number of aromatic nitrogens is 1. The van der Waals surface area contributed by atoms with E-state index in [0.29, 0.717) is 17.9 Å². The van der Waals surface area contributed by atoms with Crippen molar-refractivity contribution in [1.29, 1.82) is 0 Å².